The van der Waals surface area contributed by atoms with E-state index in [-0.39, 0.29) is 0 Å². The number of amides is 1. The number of azide groups is 1. The molecule has 0 aromatic rings. The van der Waals surface area contributed by atoms with Gasteiger partial charge < -0.3 is 4.74 Å². The number of allylic oxidation sites excluding steroid dienone is 2. The summed E-state index contributed by atoms with van der Waals surface area (Å²) in [5.74, 6) is 0. The largest absolute Gasteiger partial charge is 0.461 e. The molecule has 0 fully saturated rings. The molecule has 0 aromatic carbocycles. The van der Waals surface area contributed by atoms with Crippen molar-refractivity contribution in [1.29, 1.82) is 0 Å². The highest BCUT2D eigenvalue weighted by Gasteiger charge is 1.97. The highest BCUT2D eigenvalue weighted by molar-refractivity contribution is 5.67. The third-order valence-corrected chi connectivity index (χ3v) is 4.01. The van der Waals surface area contributed by atoms with Crippen molar-refractivity contribution in [1.82, 2.24) is 0 Å². The normalized spacial score (nSPS) is 10.7. The zero-order chi connectivity index (χ0) is 17.7. The standard InChI is InChI=1S/C19H35N3O2/c1-2-3-4-5-6-7-8-9-10-11-12-13-14-15-16-17-18-24-19(23)21-22-20/h9-10H,2-8,11-18H2,1H3/b10-9-. The minimum atomic E-state index is -0.828. The molecule has 5 heteroatoms. The molecule has 0 saturated carbocycles. The van der Waals surface area contributed by atoms with Gasteiger partial charge in [0.25, 0.3) is 0 Å². The predicted octanol–water partition coefficient (Wildman–Crippen LogP) is 7.47. The maximum atomic E-state index is 10.8. The Morgan fingerprint density at radius 2 is 1.38 bits per heavy atom. The first-order valence-electron chi connectivity index (χ1n) is 9.68. The maximum Gasteiger partial charge on any atom is 0.396 e. The van der Waals surface area contributed by atoms with Crippen LogP contribution in [0.25, 0.3) is 10.4 Å². The maximum absolute atomic E-state index is 10.8. The number of rotatable bonds is 16. The molecule has 5 nitrogen and oxygen atoms in total. The quantitative estimate of drug-likeness (QED) is 0.0962. The summed E-state index contributed by atoms with van der Waals surface area (Å²) < 4.78 is 4.73. The van der Waals surface area contributed by atoms with Crippen LogP contribution in [0.5, 0.6) is 0 Å². The summed E-state index contributed by atoms with van der Waals surface area (Å²) in [5, 5.41) is 2.85. The number of nitrogens with zero attached hydrogens (tertiary/aromatic N) is 3. The molecule has 0 atom stereocenters. The van der Waals surface area contributed by atoms with Crippen LogP contribution in [-0.4, -0.2) is 12.7 Å². The van der Waals surface area contributed by atoms with E-state index in [1.165, 1.54) is 77.0 Å². The molecule has 0 aromatic heterocycles. The van der Waals surface area contributed by atoms with Gasteiger partial charge in [0.05, 0.1) is 6.61 Å². The molecule has 1 amide bonds. The van der Waals surface area contributed by atoms with Crippen molar-refractivity contribution in [2.45, 2.75) is 96.8 Å². The van der Waals surface area contributed by atoms with Crippen LogP contribution in [0.4, 0.5) is 4.79 Å². The van der Waals surface area contributed by atoms with Crippen LogP contribution in [0.2, 0.25) is 0 Å². The van der Waals surface area contributed by atoms with E-state index < -0.39 is 6.09 Å². The van der Waals surface area contributed by atoms with Gasteiger partial charge in [-0.1, -0.05) is 76.9 Å². The Morgan fingerprint density at radius 1 is 0.875 bits per heavy atom. The predicted molar refractivity (Wildman–Crippen MR) is 99.9 cm³/mol. The summed E-state index contributed by atoms with van der Waals surface area (Å²) in [5.41, 5.74) is 8.03. The molecule has 0 bridgehead atoms. The molecular weight excluding hydrogens is 302 g/mol. The van der Waals surface area contributed by atoms with Gasteiger partial charge in [0.2, 0.25) is 0 Å². The monoisotopic (exact) mass is 337 g/mol. The lowest BCUT2D eigenvalue weighted by Crippen LogP contribution is -1.99. The minimum absolute atomic E-state index is 0.346. The fourth-order valence-corrected chi connectivity index (χ4v) is 2.57. The van der Waals surface area contributed by atoms with Crippen LogP contribution < -0.4 is 0 Å². The average Bonchev–Trinajstić information content (AvgIpc) is 2.58. The van der Waals surface area contributed by atoms with Gasteiger partial charge in [0.15, 0.2) is 0 Å². The molecular formula is C19H35N3O2. The van der Waals surface area contributed by atoms with E-state index in [4.69, 9.17) is 10.3 Å². The minimum Gasteiger partial charge on any atom is -0.461 e. The SMILES string of the molecule is CCCCCCCC/C=C\CCCCCCCCOC(=O)N=[N+]=[N-]. The van der Waals surface area contributed by atoms with E-state index in [1.54, 1.807) is 0 Å². The van der Waals surface area contributed by atoms with Crippen molar-refractivity contribution in [3.05, 3.63) is 22.6 Å². The first-order valence-corrected chi connectivity index (χ1v) is 9.68. The third kappa shape index (κ3) is 18.6. The number of hydrogen-bond acceptors (Lipinski definition) is 2. The fraction of sp³-hybridized carbons (Fsp3) is 0.842. The second-order valence-corrected chi connectivity index (χ2v) is 6.24. The molecule has 0 saturated heterocycles. The number of carbonyl (C=O) groups is 1. The second kappa shape index (κ2) is 19.6. The number of carbonyl (C=O) groups excluding carboxylic acids is 1. The van der Waals surface area contributed by atoms with Gasteiger partial charge in [-0.2, -0.15) is 0 Å². The van der Waals surface area contributed by atoms with Crippen LogP contribution in [0, 0.1) is 0 Å². The van der Waals surface area contributed by atoms with Gasteiger partial charge in [-0.3, -0.25) is 0 Å². The van der Waals surface area contributed by atoms with Crippen molar-refractivity contribution >= 4 is 6.09 Å². The molecule has 0 spiro atoms. The van der Waals surface area contributed by atoms with Gasteiger partial charge in [-0.05, 0) is 37.6 Å². The smallest absolute Gasteiger partial charge is 0.396 e. The lowest BCUT2D eigenvalue weighted by molar-refractivity contribution is 0.154. The molecule has 0 radical (unpaired) electrons. The summed E-state index contributed by atoms with van der Waals surface area (Å²) in [4.78, 5) is 13.1. The van der Waals surface area contributed by atoms with Gasteiger partial charge in [0, 0.05) is 10.0 Å². The Kier molecular flexibility index (Phi) is 18.4. The Labute approximate surface area is 147 Å². The molecule has 0 N–H and O–H groups in total. The van der Waals surface area contributed by atoms with Gasteiger partial charge in [-0.25, -0.2) is 4.79 Å². The highest BCUT2D eigenvalue weighted by Crippen LogP contribution is 2.10. The Morgan fingerprint density at radius 3 is 1.92 bits per heavy atom. The van der Waals surface area contributed by atoms with Crippen molar-refractivity contribution < 1.29 is 9.53 Å². The number of hydrogen-bond donors (Lipinski definition) is 0. The Balaban J connectivity index is 3.15. The molecule has 0 unspecified atom stereocenters. The van der Waals surface area contributed by atoms with E-state index in [0.29, 0.717) is 6.61 Å². The molecule has 138 valence electrons. The summed E-state index contributed by atoms with van der Waals surface area (Å²) in [7, 11) is 0. The van der Waals surface area contributed by atoms with E-state index in [2.05, 4.69) is 29.1 Å². The van der Waals surface area contributed by atoms with Crippen molar-refractivity contribution in [2.75, 3.05) is 6.61 Å². The summed E-state index contributed by atoms with van der Waals surface area (Å²) in [6.45, 7) is 2.60. The molecule has 0 aliphatic rings. The van der Waals surface area contributed by atoms with E-state index in [9.17, 15) is 4.79 Å². The molecule has 24 heavy (non-hydrogen) atoms. The summed E-state index contributed by atoms with van der Waals surface area (Å²) >= 11 is 0. The Hall–Kier alpha value is -1.48. The zero-order valence-electron chi connectivity index (χ0n) is 15.4. The second-order valence-electron chi connectivity index (χ2n) is 6.24. The third-order valence-electron chi connectivity index (χ3n) is 4.01. The molecule has 0 aliphatic carbocycles. The Bertz CT molecular complexity index is 364. The average molecular weight is 338 g/mol. The molecule has 0 rings (SSSR count). The number of ether oxygens (including phenoxy) is 1. The first kappa shape index (κ1) is 22.5. The first-order chi connectivity index (χ1) is 11.8. The topological polar surface area (TPSA) is 75.1 Å². The van der Waals surface area contributed by atoms with E-state index in [0.717, 1.165) is 12.8 Å². The number of unbranched alkanes of at least 4 members (excludes halogenated alkanes) is 12. The zero-order valence-corrected chi connectivity index (χ0v) is 15.4. The van der Waals surface area contributed by atoms with Crippen molar-refractivity contribution in [2.24, 2.45) is 5.11 Å². The summed E-state index contributed by atoms with van der Waals surface area (Å²) in [6.07, 6.45) is 21.3. The summed E-state index contributed by atoms with van der Waals surface area (Å²) in [6, 6.07) is 0. The van der Waals surface area contributed by atoms with Crippen molar-refractivity contribution in [3.63, 3.8) is 0 Å². The van der Waals surface area contributed by atoms with Crippen LogP contribution in [0.15, 0.2) is 17.3 Å². The fourth-order valence-electron chi connectivity index (χ4n) is 2.57. The molecule has 0 heterocycles. The lowest BCUT2D eigenvalue weighted by atomic mass is 10.1. The van der Waals surface area contributed by atoms with Gasteiger partial charge in [0.1, 0.15) is 0 Å². The van der Waals surface area contributed by atoms with E-state index >= 15 is 0 Å². The van der Waals surface area contributed by atoms with Crippen LogP contribution in [-0.2, 0) is 4.74 Å². The molecule has 0 aliphatic heterocycles. The van der Waals surface area contributed by atoms with Gasteiger partial charge >= 0.3 is 6.09 Å². The van der Waals surface area contributed by atoms with Crippen LogP contribution >= 0.6 is 0 Å². The van der Waals surface area contributed by atoms with Crippen LogP contribution in [0.3, 0.4) is 0 Å². The highest BCUT2D eigenvalue weighted by atomic mass is 16.5. The van der Waals surface area contributed by atoms with Crippen molar-refractivity contribution in [3.8, 4) is 0 Å². The van der Waals surface area contributed by atoms with Gasteiger partial charge in [-0.15, -0.1) is 0 Å². The lowest BCUT2D eigenvalue weighted by Gasteiger charge is -2.02. The van der Waals surface area contributed by atoms with Crippen LogP contribution in [0.1, 0.15) is 96.8 Å². The van der Waals surface area contributed by atoms with E-state index in [1.807, 2.05) is 0 Å².